The summed E-state index contributed by atoms with van der Waals surface area (Å²) in [6, 6.07) is 13.8. The molecule has 2 aromatic carbocycles. The van der Waals surface area contributed by atoms with E-state index in [1.165, 1.54) is 0 Å². The van der Waals surface area contributed by atoms with E-state index in [4.69, 9.17) is 11.1 Å². The lowest BCUT2D eigenvalue weighted by Crippen LogP contribution is -2.11. The van der Waals surface area contributed by atoms with Gasteiger partial charge in [0.1, 0.15) is 12.2 Å². The Bertz CT molecular complexity index is 771. The normalized spacial score (nSPS) is 10.8. The van der Waals surface area contributed by atoms with Crippen molar-refractivity contribution >= 4 is 16.9 Å². The van der Waals surface area contributed by atoms with E-state index in [-0.39, 0.29) is 5.84 Å². The van der Waals surface area contributed by atoms with Crippen molar-refractivity contribution in [3.05, 3.63) is 59.9 Å². The third-order valence-corrected chi connectivity index (χ3v) is 3.22. The Hall–Kier alpha value is -2.62. The van der Waals surface area contributed by atoms with Crippen molar-refractivity contribution in [1.82, 2.24) is 9.55 Å². The van der Waals surface area contributed by atoms with Crippen LogP contribution in [0.4, 0.5) is 0 Å². The van der Waals surface area contributed by atoms with Crippen molar-refractivity contribution in [2.75, 3.05) is 0 Å². The fourth-order valence-electron chi connectivity index (χ4n) is 2.24. The van der Waals surface area contributed by atoms with Gasteiger partial charge < -0.3 is 5.73 Å². The summed E-state index contributed by atoms with van der Waals surface area (Å²) in [6.45, 7) is 2.01. The van der Waals surface area contributed by atoms with Gasteiger partial charge in [0, 0.05) is 5.56 Å². The Balaban J connectivity index is 2.19. The van der Waals surface area contributed by atoms with E-state index in [0.717, 1.165) is 27.8 Å². The number of aromatic nitrogens is 2. The highest BCUT2D eigenvalue weighted by atomic mass is 15.0. The van der Waals surface area contributed by atoms with Gasteiger partial charge in [0.05, 0.1) is 16.7 Å². The molecule has 0 aliphatic rings. The molecule has 0 unspecified atom stereocenters. The minimum atomic E-state index is 0.0881. The zero-order valence-corrected chi connectivity index (χ0v) is 10.6. The topological polar surface area (TPSA) is 67.7 Å². The van der Waals surface area contributed by atoms with E-state index in [1.54, 1.807) is 0 Å². The first-order valence-electron chi connectivity index (χ1n) is 6.04. The summed E-state index contributed by atoms with van der Waals surface area (Å²) in [6.07, 6.45) is 1.82. The zero-order valence-electron chi connectivity index (χ0n) is 10.6. The zero-order chi connectivity index (χ0) is 13.4. The van der Waals surface area contributed by atoms with Crippen LogP contribution in [-0.2, 0) is 0 Å². The number of hydrogen-bond acceptors (Lipinski definition) is 2. The number of hydrogen-bond donors (Lipinski definition) is 2. The summed E-state index contributed by atoms with van der Waals surface area (Å²) in [5.74, 6) is 0.0881. The quantitative estimate of drug-likeness (QED) is 0.542. The molecule has 94 valence electrons. The molecule has 19 heavy (non-hydrogen) atoms. The van der Waals surface area contributed by atoms with E-state index in [0.29, 0.717) is 0 Å². The number of nitrogens with one attached hydrogen (secondary N) is 1. The average Bonchev–Trinajstić information content (AvgIpc) is 2.82. The standard InChI is InChI=1S/C15H14N4/c1-10-8-11(15(16)17)6-7-13(10)19-9-18-12-4-2-3-5-14(12)19/h2-9H,1H3,(H3,16,17). The Morgan fingerprint density at radius 1 is 1.21 bits per heavy atom. The SMILES string of the molecule is Cc1cc(C(=N)N)ccc1-n1cnc2ccccc21. The number of benzene rings is 2. The molecule has 3 aromatic rings. The van der Waals surface area contributed by atoms with Gasteiger partial charge in [0.25, 0.3) is 0 Å². The third-order valence-electron chi connectivity index (χ3n) is 3.22. The van der Waals surface area contributed by atoms with Gasteiger partial charge >= 0.3 is 0 Å². The number of nitrogen functional groups attached to an aromatic ring is 1. The molecule has 0 amide bonds. The Morgan fingerprint density at radius 3 is 2.74 bits per heavy atom. The molecular weight excluding hydrogens is 236 g/mol. The molecule has 1 heterocycles. The Labute approximate surface area is 111 Å². The van der Waals surface area contributed by atoms with Crippen molar-refractivity contribution in [3.8, 4) is 5.69 Å². The lowest BCUT2D eigenvalue weighted by atomic mass is 10.1. The van der Waals surface area contributed by atoms with E-state index in [9.17, 15) is 0 Å². The van der Waals surface area contributed by atoms with E-state index in [2.05, 4.69) is 9.55 Å². The predicted octanol–water partition coefficient (Wildman–Crippen LogP) is 2.62. The van der Waals surface area contributed by atoms with Crippen molar-refractivity contribution in [3.63, 3.8) is 0 Å². The number of para-hydroxylation sites is 2. The Kier molecular flexibility index (Phi) is 2.56. The molecule has 3 N–H and O–H groups in total. The molecule has 1 aromatic heterocycles. The average molecular weight is 250 g/mol. The lowest BCUT2D eigenvalue weighted by molar-refractivity contribution is 1.07. The van der Waals surface area contributed by atoms with Crippen molar-refractivity contribution in [1.29, 1.82) is 5.41 Å². The van der Waals surface area contributed by atoms with Crippen LogP contribution in [0.2, 0.25) is 0 Å². The maximum Gasteiger partial charge on any atom is 0.122 e. The van der Waals surface area contributed by atoms with Crippen LogP contribution < -0.4 is 5.73 Å². The largest absolute Gasteiger partial charge is 0.384 e. The van der Waals surface area contributed by atoms with Crippen molar-refractivity contribution in [2.45, 2.75) is 6.92 Å². The highest BCUT2D eigenvalue weighted by Gasteiger charge is 2.07. The second-order valence-corrected chi connectivity index (χ2v) is 4.52. The number of fused-ring (bicyclic) bond motifs is 1. The second-order valence-electron chi connectivity index (χ2n) is 4.52. The van der Waals surface area contributed by atoms with Crippen LogP contribution in [0.3, 0.4) is 0 Å². The monoisotopic (exact) mass is 250 g/mol. The number of aryl methyl sites for hydroxylation is 1. The third kappa shape index (κ3) is 1.87. The molecule has 0 saturated carbocycles. The lowest BCUT2D eigenvalue weighted by Gasteiger charge is -2.09. The molecule has 0 bridgehead atoms. The van der Waals surface area contributed by atoms with Gasteiger partial charge in [-0.15, -0.1) is 0 Å². The summed E-state index contributed by atoms with van der Waals surface area (Å²) in [5.41, 5.74) is 10.4. The molecule has 0 aliphatic heterocycles. The number of nitrogens with zero attached hydrogens (tertiary/aromatic N) is 2. The highest BCUT2D eigenvalue weighted by molar-refractivity contribution is 5.95. The molecule has 4 heteroatoms. The summed E-state index contributed by atoms with van der Waals surface area (Å²) in [4.78, 5) is 4.39. The minimum absolute atomic E-state index is 0.0881. The summed E-state index contributed by atoms with van der Waals surface area (Å²) < 4.78 is 2.05. The van der Waals surface area contributed by atoms with Crippen molar-refractivity contribution in [2.24, 2.45) is 5.73 Å². The van der Waals surface area contributed by atoms with E-state index in [1.807, 2.05) is 55.7 Å². The number of imidazole rings is 1. The predicted molar refractivity (Wildman–Crippen MR) is 76.8 cm³/mol. The molecule has 0 fully saturated rings. The number of amidine groups is 1. The molecule has 0 atom stereocenters. The van der Waals surface area contributed by atoms with Gasteiger partial charge in [-0.2, -0.15) is 0 Å². The van der Waals surface area contributed by atoms with Gasteiger partial charge in [-0.1, -0.05) is 12.1 Å². The van der Waals surface area contributed by atoms with E-state index < -0.39 is 0 Å². The first-order chi connectivity index (χ1) is 9.16. The Morgan fingerprint density at radius 2 is 2.00 bits per heavy atom. The van der Waals surface area contributed by atoms with Crippen molar-refractivity contribution < 1.29 is 0 Å². The highest BCUT2D eigenvalue weighted by Crippen LogP contribution is 2.21. The molecule has 3 rings (SSSR count). The van der Waals surface area contributed by atoms with Gasteiger partial charge in [-0.05, 0) is 42.8 Å². The van der Waals surface area contributed by atoms with Crippen LogP contribution in [-0.4, -0.2) is 15.4 Å². The maximum atomic E-state index is 7.47. The van der Waals surface area contributed by atoms with Gasteiger partial charge in [0.15, 0.2) is 0 Å². The van der Waals surface area contributed by atoms with Crippen LogP contribution in [0.15, 0.2) is 48.8 Å². The van der Waals surface area contributed by atoms with Crippen LogP contribution in [0, 0.1) is 12.3 Å². The minimum Gasteiger partial charge on any atom is -0.384 e. The van der Waals surface area contributed by atoms with Gasteiger partial charge in [-0.3, -0.25) is 9.98 Å². The maximum absolute atomic E-state index is 7.47. The second kappa shape index (κ2) is 4.24. The van der Waals surface area contributed by atoms with Crippen LogP contribution in [0.5, 0.6) is 0 Å². The van der Waals surface area contributed by atoms with Crippen LogP contribution >= 0.6 is 0 Å². The van der Waals surface area contributed by atoms with Crippen LogP contribution in [0.1, 0.15) is 11.1 Å². The van der Waals surface area contributed by atoms with Crippen LogP contribution in [0.25, 0.3) is 16.7 Å². The first-order valence-corrected chi connectivity index (χ1v) is 6.04. The summed E-state index contributed by atoms with van der Waals surface area (Å²) >= 11 is 0. The number of rotatable bonds is 2. The molecule has 0 saturated heterocycles. The summed E-state index contributed by atoms with van der Waals surface area (Å²) in [7, 11) is 0. The first kappa shape index (κ1) is 11.5. The fourth-order valence-corrected chi connectivity index (χ4v) is 2.24. The molecule has 0 aliphatic carbocycles. The molecule has 0 radical (unpaired) electrons. The number of nitrogens with two attached hydrogens (primary N) is 1. The fraction of sp³-hybridized carbons (Fsp3) is 0.0667. The smallest absolute Gasteiger partial charge is 0.122 e. The molecule has 0 spiro atoms. The van der Waals surface area contributed by atoms with Gasteiger partial charge in [-0.25, -0.2) is 4.98 Å². The van der Waals surface area contributed by atoms with E-state index >= 15 is 0 Å². The molecular formula is C15H14N4. The molecule has 4 nitrogen and oxygen atoms in total. The van der Waals surface area contributed by atoms with Gasteiger partial charge in [0.2, 0.25) is 0 Å². The summed E-state index contributed by atoms with van der Waals surface area (Å²) in [5, 5.41) is 7.47.